The predicted octanol–water partition coefficient (Wildman–Crippen LogP) is 1.67. The summed E-state index contributed by atoms with van der Waals surface area (Å²) in [5.74, 6) is 0. The first-order chi connectivity index (χ1) is 4.22. The van der Waals surface area contributed by atoms with E-state index in [2.05, 4.69) is 20.8 Å². The zero-order chi connectivity index (χ0) is 7.28. The van der Waals surface area contributed by atoms with Crippen LogP contribution in [0.1, 0.15) is 27.2 Å². The maximum Gasteiger partial charge on any atom is 0.0575 e. The van der Waals surface area contributed by atoms with Crippen molar-refractivity contribution >= 4 is 0 Å². The highest BCUT2D eigenvalue weighted by atomic mass is 16.7. The Labute approximate surface area is 57.8 Å². The Bertz CT molecular complexity index is 63.9. The van der Waals surface area contributed by atoms with Crippen LogP contribution in [0, 0.1) is 0 Å². The molecule has 0 rings (SSSR count). The molecule has 0 aromatic rings. The molecule has 0 amide bonds. The zero-order valence-electron chi connectivity index (χ0n) is 6.85. The summed E-state index contributed by atoms with van der Waals surface area (Å²) in [7, 11) is 1.72. The Morgan fingerprint density at radius 3 is 2.11 bits per heavy atom. The predicted molar refractivity (Wildman–Crippen MR) is 39.1 cm³/mol. The van der Waals surface area contributed by atoms with Crippen LogP contribution in [0.3, 0.4) is 0 Å². The van der Waals surface area contributed by atoms with Crippen molar-refractivity contribution in [3.8, 4) is 0 Å². The summed E-state index contributed by atoms with van der Waals surface area (Å²) in [4.78, 5) is 5.09. The van der Waals surface area contributed by atoms with Gasteiger partial charge in [0.15, 0.2) is 0 Å². The molecule has 0 atom stereocenters. The fraction of sp³-hybridized carbons (Fsp3) is 1.00. The van der Waals surface area contributed by atoms with E-state index < -0.39 is 0 Å². The van der Waals surface area contributed by atoms with Gasteiger partial charge in [0.1, 0.15) is 0 Å². The monoisotopic (exact) mass is 131 g/mol. The van der Waals surface area contributed by atoms with Crippen LogP contribution in [-0.2, 0) is 4.84 Å². The fourth-order valence-corrected chi connectivity index (χ4v) is 0.781. The topological polar surface area (TPSA) is 12.5 Å². The average molecular weight is 131 g/mol. The lowest BCUT2D eigenvalue weighted by Gasteiger charge is -2.22. The van der Waals surface area contributed by atoms with Crippen LogP contribution in [0.25, 0.3) is 0 Å². The van der Waals surface area contributed by atoms with Crippen LogP contribution >= 0.6 is 0 Å². The summed E-state index contributed by atoms with van der Waals surface area (Å²) in [5.41, 5.74) is 0. The van der Waals surface area contributed by atoms with Crippen molar-refractivity contribution in [1.29, 1.82) is 0 Å². The molecular weight excluding hydrogens is 114 g/mol. The number of hydrogen-bond donors (Lipinski definition) is 0. The third kappa shape index (κ3) is 3.49. The highest BCUT2D eigenvalue weighted by Gasteiger charge is 2.04. The van der Waals surface area contributed by atoms with Crippen molar-refractivity contribution < 1.29 is 4.84 Å². The van der Waals surface area contributed by atoms with Crippen molar-refractivity contribution in [3.63, 3.8) is 0 Å². The number of rotatable bonds is 4. The van der Waals surface area contributed by atoms with E-state index in [-0.39, 0.29) is 0 Å². The molecule has 0 aromatic carbocycles. The van der Waals surface area contributed by atoms with Gasteiger partial charge in [0, 0.05) is 12.6 Å². The van der Waals surface area contributed by atoms with Gasteiger partial charge in [-0.3, -0.25) is 0 Å². The van der Waals surface area contributed by atoms with Crippen LogP contribution < -0.4 is 0 Å². The summed E-state index contributed by atoms with van der Waals surface area (Å²) < 4.78 is 0. The minimum Gasteiger partial charge on any atom is -0.302 e. The van der Waals surface area contributed by atoms with E-state index in [9.17, 15) is 0 Å². The first-order valence-electron chi connectivity index (χ1n) is 3.53. The minimum atomic E-state index is 0.495. The van der Waals surface area contributed by atoms with Crippen LogP contribution in [0.2, 0.25) is 0 Å². The van der Waals surface area contributed by atoms with Crippen molar-refractivity contribution in [2.75, 3.05) is 13.7 Å². The van der Waals surface area contributed by atoms with Crippen molar-refractivity contribution in [2.24, 2.45) is 0 Å². The van der Waals surface area contributed by atoms with Crippen molar-refractivity contribution in [1.82, 2.24) is 5.06 Å². The molecule has 0 aromatic heterocycles. The van der Waals surface area contributed by atoms with Crippen molar-refractivity contribution in [3.05, 3.63) is 0 Å². The highest BCUT2D eigenvalue weighted by molar-refractivity contribution is 4.49. The molecule has 0 aliphatic rings. The second-order valence-electron chi connectivity index (χ2n) is 2.42. The average Bonchev–Trinajstić information content (AvgIpc) is 1.82. The molecule has 0 bridgehead atoms. The van der Waals surface area contributed by atoms with E-state index in [4.69, 9.17) is 4.84 Å². The van der Waals surface area contributed by atoms with Gasteiger partial charge >= 0.3 is 0 Å². The van der Waals surface area contributed by atoms with E-state index in [1.165, 1.54) is 0 Å². The molecule has 2 nitrogen and oxygen atoms in total. The lowest BCUT2D eigenvalue weighted by atomic mass is 10.3. The third-order valence-electron chi connectivity index (χ3n) is 1.25. The summed E-state index contributed by atoms with van der Waals surface area (Å²) >= 11 is 0. The van der Waals surface area contributed by atoms with Gasteiger partial charge in [0.25, 0.3) is 0 Å². The van der Waals surface area contributed by atoms with E-state index in [1.54, 1.807) is 7.11 Å². The minimum absolute atomic E-state index is 0.495. The second kappa shape index (κ2) is 4.77. The van der Waals surface area contributed by atoms with Crippen LogP contribution in [0.4, 0.5) is 0 Å². The Kier molecular flexibility index (Phi) is 4.72. The van der Waals surface area contributed by atoms with E-state index >= 15 is 0 Å². The molecular formula is C7H17NO. The quantitative estimate of drug-likeness (QED) is 0.538. The Balaban J connectivity index is 3.41. The number of hydrogen-bond acceptors (Lipinski definition) is 2. The van der Waals surface area contributed by atoms with Gasteiger partial charge in [-0.25, -0.2) is 0 Å². The lowest BCUT2D eigenvalue weighted by molar-refractivity contribution is -0.153. The fourth-order valence-electron chi connectivity index (χ4n) is 0.781. The van der Waals surface area contributed by atoms with Gasteiger partial charge in [-0.1, -0.05) is 6.92 Å². The van der Waals surface area contributed by atoms with Gasteiger partial charge < -0.3 is 4.84 Å². The largest absolute Gasteiger partial charge is 0.302 e. The first-order valence-corrected chi connectivity index (χ1v) is 3.53. The van der Waals surface area contributed by atoms with Gasteiger partial charge in [0.2, 0.25) is 0 Å². The lowest BCUT2D eigenvalue weighted by Crippen LogP contribution is -2.30. The van der Waals surface area contributed by atoms with Gasteiger partial charge in [-0.15, -0.1) is 0 Å². The Morgan fingerprint density at radius 2 is 2.00 bits per heavy atom. The summed E-state index contributed by atoms with van der Waals surface area (Å²) in [6, 6.07) is 0.495. The Morgan fingerprint density at radius 1 is 1.44 bits per heavy atom. The normalized spacial score (nSPS) is 11.3. The van der Waals surface area contributed by atoms with E-state index in [1.807, 2.05) is 5.06 Å². The molecule has 9 heavy (non-hydrogen) atoms. The van der Waals surface area contributed by atoms with Gasteiger partial charge in [-0.05, 0) is 20.3 Å². The molecule has 0 N–H and O–H groups in total. The maximum atomic E-state index is 5.09. The van der Waals surface area contributed by atoms with Crippen LogP contribution in [0.5, 0.6) is 0 Å². The molecule has 0 fully saturated rings. The maximum absolute atomic E-state index is 5.09. The molecule has 0 saturated heterocycles. The summed E-state index contributed by atoms with van der Waals surface area (Å²) in [5, 5.41) is 1.97. The molecule has 0 radical (unpaired) electrons. The molecule has 0 unspecified atom stereocenters. The molecule has 2 heteroatoms. The molecule has 0 aliphatic carbocycles. The van der Waals surface area contributed by atoms with E-state index in [0.717, 1.165) is 13.0 Å². The number of hydroxylamine groups is 2. The van der Waals surface area contributed by atoms with Crippen LogP contribution in [0.15, 0.2) is 0 Å². The zero-order valence-corrected chi connectivity index (χ0v) is 6.85. The Hall–Kier alpha value is -0.0800. The smallest absolute Gasteiger partial charge is 0.0575 e. The van der Waals surface area contributed by atoms with E-state index in [0.29, 0.717) is 6.04 Å². The molecule has 0 saturated carbocycles. The van der Waals surface area contributed by atoms with Gasteiger partial charge in [0.05, 0.1) is 7.11 Å². The van der Waals surface area contributed by atoms with Gasteiger partial charge in [-0.2, -0.15) is 5.06 Å². The third-order valence-corrected chi connectivity index (χ3v) is 1.25. The molecule has 0 heterocycles. The van der Waals surface area contributed by atoms with Crippen LogP contribution in [-0.4, -0.2) is 24.8 Å². The summed E-state index contributed by atoms with van der Waals surface area (Å²) in [6.07, 6.45) is 1.14. The van der Waals surface area contributed by atoms with Crippen molar-refractivity contribution in [2.45, 2.75) is 33.2 Å². The molecule has 0 aliphatic heterocycles. The SMILES string of the molecule is CCCN(OC)C(C)C. The molecule has 0 spiro atoms. The highest BCUT2D eigenvalue weighted by Crippen LogP contribution is 1.97. The standard InChI is InChI=1S/C7H17NO/c1-5-6-8(9-4)7(2)3/h7H,5-6H2,1-4H3. The summed E-state index contributed by atoms with van der Waals surface area (Å²) in [6.45, 7) is 7.42. The second-order valence-corrected chi connectivity index (χ2v) is 2.42. The number of nitrogens with zero attached hydrogens (tertiary/aromatic N) is 1. The first kappa shape index (κ1) is 8.92. The molecule has 56 valence electrons.